The second kappa shape index (κ2) is 7.57. The summed E-state index contributed by atoms with van der Waals surface area (Å²) < 4.78 is 7.43. The van der Waals surface area contributed by atoms with Gasteiger partial charge in [-0.1, -0.05) is 12.1 Å². The van der Waals surface area contributed by atoms with E-state index in [0.717, 1.165) is 10.4 Å². The van der Waals surface area contributed by atoms with Gasteiger partial charge in [0, 0.05) is 28.9 Å². The predicted octanol–water partition coefficient (Wildman–Crippen LogP) is 4.27. The highest BCUT2D eigenvalue weighted by atomic mass is 32.1. The van der Waals surface area contributed by atoms with Crippen molar-refractivity contribution in [2.45, 2.75) is 20.5 Å². The summed E-state index contributed by atoms with van der Waals surface area (Å²) in [6, 6.07) is 10.6. The molecule has 0 saturated heterocycles. The zero-order valence-electron chi connectivity index (χ0n) is 15.3. The summed E-state index contributed by atoms with van der Waals surface area (Å²) >= 11 is 2.85. The molecule has 142 valence electrons. The third-order valence-corrected chi connectivity index (χ3v) is 5.87. The summed E-state index contributed by atoms with van der Waals surface area (Å²) in [5, 5.41) is 4.73. The van der Waals surface area contributed by atoms with Crippen LogP contribution in [0.1, 0.15) is 25.8 Å². The third kappa shape index (κ3) is 3.83. The van der Waals surface area contributed by atoms with Crippen LogP contribution in [-0.4, -0.2) is 15.3 Å². The van der Waals surface area contributed by atoms with E-state index in [4.69, 9.17) is 4.74 Å². The summed E-state index contributed by atoms with van der Waals surface area (Å²) in [6.45, 7) is 4.04. The van der Waals surface area contributed by atoms with E-state index in [2.05, 4.69) is 10.3 Å². The Labute approximate surface area is 169 Å². The Bertz CT molecular complexity index is 1210. The highest BCUT2D eigenvalue weighted by Gasteiger charge is 2.10. The minimum atomic E-state index is -0.155. The molecule has 1 aromatic carbocycles. The van der Waals surface area contributed by atoms with E-state index >= 15 is 0 Å². The molecule has 4 rings (SSSR count). The quantitative estimate of drug-likeness (QED) is 0.532. The fourth-order valence-corrected chi connectivity index (χ4v) is 4.19. The lowest BCUT2D eigenvalue weighted by Crippen LogP contribution is -2.14. The lowest BCUT2D eigenvalue weighted by Gasteiger charge is -2.11. The SMILES string of the molecule is Cc1cn2c(=O)cc(COc3cc(NC(=O)c4cccs4)ccc3C)nc2s1. The van der Waals surface area contributed by atoms with Crippen LogP contribution >= 0.6 is 22.7 Å². The minimum Gasteiger partial charge on any atom is -0.487 e. The van der Waals surface area contributed by atoms with Gasteiger partial charge in [-0.05, 0) is 36.9 Å². The molecule has 6 nitrogen and oxygen atoms in total. The molecule has 28 heavy (non-hydrogen) atoms. The summed E-state index contributed by atoms with van der Waals surface area (Å²) in [6.07, 6.45) is 1.78. The molecule has 0 bridgehead atoms. The first-order valence-electron chi connectivity index (χ1n) is 8.56. The molecule has 0 saturated carbocycles. The first-order chi connectivity index (χ1) is 13.5. The van der Waals surface area contributed by atoms with Gasteiger partial charge in [0.1, 0.15) is 12.4 Å². The molecule has 3 heterocycles. The Balaban J connectivity index is 1.51. The van der Waals surface area contributed by atoms with Crippen molar-refractivity contribution in [3.8, 4) is 5.75 Å². The second-order valence-corrected chi connectivity index (χ2v) is 8.44. The van der Waals surface area contributed by atoms with Gasteiger partial charge in [-0.15, -0.1) is 22.7 Å². The number of hydrogen-bond donors (Lipinski definition) is 1. The molecule has 3 aromatic heterocycles. The van der Waals surface area contributed by atoms with Crippen LogP contribution in [0.4, 0.5) is 5.69 Å². The smallest absolute Gasteiger partial charge is 0.265 e. The maximum absolute atomic E-state index is 12.2. The highest BCUT2D eigenvalue weighted by Crippen LogP contribution is 2.24. The molecule has 1 N–H and O–H groups in total. The number of nitrogens with zero attached hydrogens (tertiary/aromatic N) is 2. The molecule has 0 unspecified atom stereocenters. The lowest BCUT2D eigenvalue weighted by molar-refractivity contribution is 0.103. The Morgan fingerprint density at radius 3 is 2.89 bits per heavy atom. The number of amides is 1. The summed E-state index contributed by atoms with van der Waals surface area (Å²) in [7, 11) is 0. The molecule has 0 aliphatic heterocycles. The Kier molecular flexibility index (Phi) is 4.97. The molecular formula is C20H17N3O3S2. The van der Waals surface area contributed by atoms with Gasteiger partial charge >= 0.3 is 0 Å². The Morgan fingerprint density at radius 2 is 2.11 bits per heavy atom. The number of aryl methyl sites for hydroxylation is 2. The first kappa shape index (κ1) is 18.4. The van der Waals surface area contributed by atoms with Crippen molar-refractivity contribution in [1.29, 1.82) is 0 Å². The van der Waals surface area contributed by atoms with E-state index < -0.39 is 0 Å². The largest absolute Gasteiger partial charge is 0.487 e. The number of aromatic nitrogens is 2. The highest BCUT2D eigenvalue weighted by molar-refractivity contribution is 7.16. The van der Waals surface area contributed by atoms with E-state index in [-0.39, 0.29) is 18.1 Å². The molecule has 0 aliphatic carbocycles. The van der Waals surface area contributed by atoms with Crippen molar-refractivity contribution in [2.24, 2.45) is 0 Å². The average Bonchev–Trinajstić information content (AvgIpc) is 3.31. The molecule has 1 amide bonds. The van der Waals surface area contributed by atoms with Crippen LogP contribution in [0.5, 0.6) is 5.75 Å². The molecular weight excluding hydrogens is 394 g/mol. The number of benzene rings is 1. The van der Waals surface area contributed by atoms with E-state index in [1.165, 1.54) is 33.1 Å². The monoisotopic (exact) mass is 411 g/mol. The molecule has 0 aliphatic rings. The number of ether oxygens (including phenoxy) is 1. The Hall–Kier alpha value is -2.97. The number of hydrogen-bond acceptors (Lipinski definition) is 6. The van der Waals surface area contributed by atoms with Crippen molar-refractivity contribution in [3.63, 3.8) is 0 Å². The van der Waals surface area contributed by atoms with Gasteiger partial charge in [-0.2, -0.15) is 0 Å². The number of carbonyl (C=O) groups excluding carboxylic acids is 1. The summed E-state index contributed by atoms with van der Waals surface area (Å²) in [5.74, 6) is 0.478. The van der Waals surface area contributed by atoms with Crippen LogP contribution in [0.25, 0.3) is 4.96 Å². The van der Waals surface area contributed by atoms with E-state index in [1.54, 1.807) is 18.3 Å². The van der Waals surface area contributed by atoms with Crippen LogP contribution in [0.15, 0.2) is 52.8 Å². The molecule has 0 atom stereocenters. The van der Waals surface area contributed by atoms with E-state index in [0.29, 0.717) is 27.0 Å². The predicted molar refractivity (Wildman–Crippen MR) is 112 cm³/mol. The number of anilines is 1. The fraction of sp³-hybridized carbons (Fsp3) is 0.150. The first-order valence-corrected chi connectivity index (χ1v) is 10.3. The van der Waals surface area contributed by atoms with Crippen LogP contribution in [0.3, 0.4) is 0 Å². The van der Waals surface area contributed by atoms with E-state index in [1.807, 2.05) is 37.4 Å². The molecule has 0 radical (unpaired) electrons. The fourth-order valence-electron chi connectivity index (χ4n) is 2.72. The van der Waals surface area contributed by atoms with Crippen molar-refractivity contribution in [2.75, 3.05) is 5.32 Å². The van der Waals surface area contributed by atoms with Crippen molar-refractivity contribution < 1.29 is 9.53 Å². The molecule has 0 spiro atoms. The van der Waals surface area contributed by atoms with Crippen LogP contribution < -0.4 is 15.6 Å². The number of thiazole rings is 1. The van der Waals surface area contributed by atoms with Crippen molar-refractivity contribution in [1.82, 2.24) is 9.38 Å². The van der Waals surface area contributed by atoms with Crippen LogP contribution in [-0.2, 0) is 6.61 Å². The van der Waals surface area contributed by atoms with Gasteiger partial charge in [-0.25, -0.2) is 4.98 Å². The third-order valence-electron chi connectivity index (χ3n) is 4.10. The van der Waals surface area contributed by atoms with Crippen molar-refractivity contribution >= 4 is 39.2 Å². The number of carbonyl (C=O) groups is 1. The topological polar surface area (TPSA) is 72.7 Å². The zero-order chi connectivity index (χ0) is 19.7. The number of fused-ring (bicyclic) bond motifs is 1. The standard InChI is InChI=1S/C20H17N3O3S2/c1-12-5-6-14(21-19(25)17-4-3-7-27-17)8-16(12)26-11-15-9-18(24)23-10-13(2)28-20(23)22-15/h3-10H,11H2,1-2H3,(H,21,25). The van der Waals surface area contributed by atoms with Crippen LogP contribution in [0, 0.1) is 13.8 Å². The van der Waals surface area contributed by atoms with E-state index in [9.17, 15) is 9.59 Å². The minimum absolute atomic E-state index is 0.123. The Morgan fingerprint density at radius 1 is 1.25 bits per heavy atom. The normalized spacial score (nSPS) is 10.9. The molecule has 8 heteroatoms. The summed E-state index contributed by atoms with van der Waals surface area (Å²) in [4.78, 5) is 31.2. The average molecular weight is 412 g/mol. The van der Waals surface area contributed by atoms with Gasteiger partial charge in [0.2, 0.25) is 0 Å². The maximum Gasteiger partial charge on any atom is 0.265 e. The molecule has 4 aromatic rings. The maximum atomic E-state index is 12.2. The second-order valence-electron chi connectivity index (χ2n) is 6.28. The number of nitrogens with one attached hydrogen (secondary N) is 1. The van der Waals surface area contributed by atoms with Gasteiger partial charge < -0.3 is 10.1 Å². The van der Waals surface area contributed by atoms with Crippen LogP contribution in [0.2, 0.25) is 0 Å². The molecule has 0 fully saturated rings. The van der Waals surface area contributed by atoms with Gasteiger partial charge in [-0.3, -0.25) is 14.0 Å². The van der Waals surface area contributed by atoms with Crippen molar-refractivity contribution in [3.05, 3.63) is 79.3 Å². The van der Waals surface area contributed by atoms with Gasteiger partial charge in [0.15, 0.2) is 4.96 Å². The number of thiophene rings is 1. The summed E-state index contributed by atoms with van der Waals surface area (Å²) in [5.41, 5.74) is 2.02. The number of rotatable bonds is 5. The van der Waals surface area contributed by atoms with Gasteiger partial charge in [0.25, 0.3) is 11.5 Å². The lowest BCUT2D eigenvalue weighted by atomic mass is 10.2. The van der Waals surface area contributed by atoms with Gasteiger partial charge in [0.05, 0.1) is 10.6 Å². The zero-order valence-corrected chi connectivity index (χ0v) is 16.9.